The molecule has 0 atom stereocenters. The second kappa shape index (κ2) is 6.72. The summed E-state index contributed by atoms with van der Waals surface area (Å²) in [6.07, 6.45) is 3.66. The van der Waals surface area contributed by atoms with Gasteiger partial charge in [0.15, 0.2) is 0 Å². The highest BCUT2D eigenvalue weighted by Crippen LogP contribution is 2.33. The molecule has 1 saturated carbocycles. The van der Waals surface area contributed by atoms with E-state index in [1.807, 2.05) is 6.92 Å². The van der Waals surface area contributed by atoms with Crippen molar-refractivity contribution in [2.24, 2.45) is 5.92 Å². The van der Waals surface area contributed by atoms with E-state index in [4.69, 9.17) is 16.7 Å². The van der Waals surface area contributed by atoms with Gasteiger partial charge in [-0.2, -0.15) is 0 Å². The van der Waals surface area contributed by atoms with Crippen molar-refractivity contribution >= 4 is 29.0 Å². The van der Waals surface area contributed by atoms with E-state index in [1.54, 1.807) is 11.3 Å². The molecule has 1 aromatic rings. The summed E-state index contributed by atoms with van der Waals surface area (Å²) in [5.41, 5.74) is 0. The van der Waals surface area contributed by atoms with Crippen LogP contribution < -0.4 is 0 Å². The Morgan fingerprint density at radius 1 is 1.41 bits per heavy atom. The maximum absolute atomic E-state index is 11.0. The number of halogens is 1. The highest BCUT2D eigenvalue weighted by Gasteiger charge is 2.32. The fourth-order valence-electron chi connectivity index (χ4n) is 3.12. The molecule has 1 N–H and O–H groups in total. The van der Waals surface area contributed by atoms with Gasteiger partial charge >= 0.3 is 6.09 Å². The quantitative estimate of drug-likeness (QED) is 0.889. The van der Waals surface area contributed by atoms with Crippen molar-refractivity contribution in [2.75, 3.05) is 19.6 Å². The predicted octanol–water partition coefficient (Wildman–Crippen LogP) is 3.46. The van der Waals surface area contributed by atoms with Gasteiger partial charge in [0, 0.05) is 32.2 Å². The summed E-state index contributed by atoms with van der Waals surface area (Å²) < 4.78 is 0. The van der Waals surface area contributed by atoms with Gasteiger partial charge in [-0.05, 0) is 38.5 Å². The lowest BCUT2D eigenvalue weighted by Crippen LogP contribution is -2.46. The number of hydrogen-bond acceptors (Lipinski definition) is 4. The van der Waals surface area contributed by atoms with Gasteiger partial charge in [-0.15, -0.1) is 11.3 Å². The number of carboxylic acid groups (broad SMARTS) is 1. The van der Waals surface area contributed by atoms with Crippen molar-refractivity contribution in [1.29, 1.82) is 0 Å². The van der Waals surface area contributed by atoms with Crippen LogP contribution in [-0.4, -0.2) is 51.7 Å². The Balaban J connectivity index is 1.65. The first-order chi connectivity index (χ1) is 10.5. The SMILES string of the molecule is Cc1nc(Cl)c(CN(CC2CC2)C2CCN(C(=O)O)CC2)s1. The van der Waals surface area contributed by atoms with E-state index in [2.05, 4.69) is 9.88 Å². The molecule has 2 heterocycles. The van der Waals surface area contributed by atoms with Gasteiger partial charge in [0.2, 0.25) is 0 Å². The molecule has 122 valence electrons. The number of hydrogen-bond donors (Lipinski definition) is 1. The maximum atomic E-state index is 11.0. The van der Waals surface area contributed by atoms with Gasteiger partial charge in [0.05, 0.1) is 9.88 Å². The van der Waals surface area contributed by atoms with E-state index in [9.17, 15) is 4.79 Å². The lowest BCUT2D eigenvalue weighted by molar-refractivity contribution is 0.0891. The van der Waals surface area contributed by atoms with Gasteiger partial charge in [0.1, 0.15) is 5.15 Å². The van der Waals surface area contributed by atoms with E-state index in [-0.39, 0.29) is 0 Å². The normalized spacial score (nSPS) is 19.9. The first-order valence-corrected chi connectivity index (χ1v) is 9.06. The Bertz CT molecular complexity index is 539. The molecule has 0 bridgehead atoms. The Morgan fingerprint density at radius 2 is 2.09 bits per heavy atom. The molecular formula is C15H22ClN3O2S. The zero-order valence-electron chi connectivity index (χ0n) is 12.8. The molecule has 22 heavy (non-hydrogen) atoms. The molecule has 5 nitrogen and oxygen atoms in total. The first kappa shape index (κ1) is 16.0. The number of likely N-dealkylation sites (tertiary alicyclic amines) is 1. The molecule has 1 aliphatic carbocycles. The van der Waals surface area contributed by atoms with Crippen LogP contribution in [0.4, 0.5) is 4.79 Å². The molecule has 2 fully saturated rings. The Hall–Kier alpha value is -0.850. The number of nitrogens with zero attached hydrogens (tertiary/aromatic N) is 3. The Kier molecular flexibility index (Phi) is 4.90. The predicted molar refractivity (Wildman–Crippen MR) is 87.6 cm³/mol. The molecule has 1 saturated heterocycles. The number of piperidine rings is 1. The third-order valence-electron chi connectivity index (χ3n) is 4.54. The fraction of sp³-hybridized carbons (Fsp3) is 0.733. The molecule has 1 aromatic heterocycles. The molecule has 3 rings (SSSR count). The third kappa shape index (κ3) is 3.91. The summed E-state index contributed by atoms with van der Waals surface area (Å²) in [7, 11) is 0. The minimum absolute atomic E-state index is 0.453. The first-order valence-electron chi connectivity index (χ1n) is 7.86. The van der Waals surface area contributed by atoms with Gasteiger partial charge < -0.3 is 10.0 Å². The molecule has 0 aromatic carbocycles. The minimum Gasteiger partial charge on any atom is -0.465 e. The van der Waals surface area contributed by atoms with Gasteiger partial charge in [-0.25, -0.2) is 9.78 Å². The van der Waals surface area contributed by atoms with Crippen molar-refractivity contribution in [3.05, 3.63) is 15.0 Å². The van der Waals surface area contributed by atoms with Crippen LogP contribution >= 0.6 is 22.9 Å². The van der Waals surface area contributed by atoms with Gasteiger partial charge in [-0.3, -0.25) is 4.90 Å². The zero-order chi connectivity index (χ0) is 15.7. The van der Waals surface area contributed by atoms with Crippen molar-refractivity contribution in [1.82, 2.24) is 14.8 Å². The van der Waals surface area contributed by atoms with E-state index in [1.165, 1.54) is 17.7 Å². The maximum Gasteiger partial charge on any atom is 0.407 e. The van der Waals surface area contributed by atoms with Crippen LogP contribution in [0.25, 0.3) is 0 Å². The summed E-state index contributed by atoms with van der Waals surface area (Å²) in [5.74, 6) is 0.810. The number of amides is 1. The fourth-order valence-corrected chi connectivity index (χ4v) is 4.33. The highest BCUT2D eigenvalue weighted by atomic mass is 35.5. The van der Waals surface area contributed by atoms with E-state index < -0.39 is 6.09 Å². The van der Waals surface area contributed by atoms with Crippen molar-refractivity contribution < 1.29 is 9.90 Å². The third-order valence-corrected chi connectivity index (χ3v) is 5.92. The summed E-state index contributed by atoms with van der Waals surface area (Å²) in [6.45, 7) is 5.20. The van der Waals surface area contributed by atoms with Crippen LogP contribution in [0.5, 0.6) is 0 Å². The van der Waals surface area contributed by atoms with Crippen LogP contribution in [0, 0.1) is 12.8 Å². The van der Waals surface area contributed by atoms with Crippen molar-refractivity contribution in [2.45, 2.75) is 45.2 Å². The highest BCUT2D eigenvalue weighted by molar-refractivity contribution is 7.12. The van der Waals surface area contributed by atoms with E-state index in [0.29, 0.717) is 24.3 Å². The van der Waals surface area contributed by atoms with Crippen LogP contribution in [0.2, 0.25) is 5.15 Å². The molecule has 0 spiro atoms. The number of carbonyl (C=O) groups is 1. The van der Waals surface area contributed by atoms with Gasteiger partial charge in [-0.1, -0.05) is 11.6 Å². The molecular weight excluding hydrogens is 322 g/mol. The summed E-state index contributed by atoms with van der Waals surface area (Å²) in [4.78, 5) is 20.5. The second-order valence-electron chi connectivity index (χ2n) is 6.32. The van der Waals surface area contributed by atoms with Crippen LogP contribution in [0.1, 0.15) is 35.6 Å². The summed E-state index contributed by atoms with van der Waals surface area (Å²) >= 11 is 7.90. The van der Waals surface area contributed by atoms with Crippen LogP contribution in [0.15, 0.2) is 0 Å². The lowest BCUT2D eigenvalue weighted by atomic mass is 10.0. The molecule has 2 aliphatic rings. The molecule has 0 radical (unpaired) electrons. The monoisotopic (exact) mass is 343 g/mol. The van der Waals surface area contributed by atoms with Crippen molar-refractivity contribution in [3.8, 4) is 0 Å². The molecule has 0 unspecified atom stereocenters. The minimum atomic E-state index is -0.798. The summed E-state index contributed by atoms with van der Waals surface area (Å²) in [6, 6.07) is 0.453. The molecule has 7 heteroatoms. The largest absolute Gasteiger partial charge is 0.465 e. The molecule has 1 amide bonds. The number of thiazole rings is 1. The smallest absolute Gasteiger partial charge is 0.407 e. The average molecular weight is 344 g/mol. The number of aromatic nitrogens is 1. The molecule has 1 aliphatic heterocycles. The lowest BCUT2D eigenvalue weighted by Gasteiger charge is -2.37. The number of aryl methyl sites for hydroxylation is 1. The van der Waals surface area contributed by atoms with Gasteiger partial charge in [0.25, 0.3) is 0 Å². The van der Waals surface area contributed by atoms with Crippen LogP contribution in [-0.2, 0) is 6.54 Å². The Labute approximate surface area is 139 Å². The standard InChI is InChI=1S/C15H22ClN3O2S/c1-10-17-14(16)13(22-10)9-19(8-11-2-3-11)12-4-6-18(7-5-12)15(20)21/h11-12H,2-9H2,1H3,(H,20,21). The topological polar surface area (TPSA) is 56.7 Å². The van der Waals surface area contributed by atoms with E-state index in [0.717, 1.165) is 41.7 Å². The van der Waals surface area contributed by atoms with Crippen molar-refractivity contribution in [3.63, 3.8) is 0 Å². The van der Waals surface area contributed by atoms with E-state index >= 15 is 0 Å². The average Bonchev–Trinajstić information content (AvgIpc) is 3.24. The zero-order valence-corrected chi connectivity index (χ0v) is 14.4. The summed E-state index contributed by atoms with van der Waals surface area (Å²) in [5, 5.41) is 10.7. The van der Waals surface area contributed by atoms with Crippen LogP contribution in [0.3, 0.4) is 0 Å². The second-order valence-corrected chi connectivity index (χ2v) is 7.97. The Morgan fingerprint density at radius 3 is 2.59 bits per heavy atom. The number of rotatable bonds is 5.